The van der Waals surface area contributed by atoms with Crippen molar-refractivity contribution in [2.45, 2.75) is 20.3 Å². The standard InChI is InChI=1S/C29H28NOP/c1-23-13-17-25(18-14-23)21-27(30-26-19-15-24(2)16-20-26)22-32(31,28-9-5-3-6-10-28)29-11-7-4-8-12-29/h3-20,22,30H,21H2,1-2H3/b27-22+. The number of nitrogens with one attached hydrogen (secondary N) is 1. The van der Waals surface area contributed by atoms with Crippen LogP contribution in [0.5, 0.6) is 0 Å². The molecule has 0 aliphatic carbocycles. The third-order valence-electron chi connectivity index (χ3n) is 5.49. The van der Waals surface area contributed by atoms with E-state index in [0.29, 0.717) is 6.42 Å². The third kappa shape index (κ3) is 5.28. The summed E-state index contributed by atoms with van der Waals surface area (Å²) in [5, 5.41) is 5.22. The zero-order valence-corrected chi connectivity index (χ0v) is 19.4. The molecule has 0 spiro atoms. The molecule has 1 N–H and O–H groups in total. The number of benzene rings is 4. The van der Waals surface area contributed by atoms with Gasteiger partial charge in [0.05, 0.1) is 0 Å². The van der Waals surface area contributed by atoms with E-state index < -0.39 is 7.14 Å². The van der Waals surface area contributed by atoms with E-state index >= 15 is 0 Å². The molecule has 160 valence electrons. The first-order valence-corrected chi connectivity index (χ1v) is 12.6. The number of anilines is 1. The molecule has 0 saturated carbocycles. The van der Waals surface area contributed by atoms with Crippen LogP contribution in [0.1, 0.15) is 16.7 Å². The van der Waals surface area contributed by atoms with Crippen molar-refractivity contribution >= 4 is 23.4 Å². The van der Waals surface area contributed by atoms with Crippen LogP contribution in [0.15, 0.2) is 121 Å². The Morgan fingerprint density at radius 1 is 0.688 bits per heavy atom. The predicted molar refractivity (Wildman–Crippen MR) is 138 cm³/mol. The molecule has 0 unspecified atom stereocenters. The van der Waals surface area contributed by atoms with Crippen LogP contribution in [0.3, 0.4) is 0 Å². The van der Waals surface area contributed by atoms with Gasteiger partial charge in [0.15, 0.2) is 7.14 Å². The smallest absolute Gasteiger partial charge is 0.165 e. The minimum absolute atomic E-state index is 0.664. The Hall–Kier alpha value is -3.35. The van der Waals surface area contributed by atoms with Crippen molar-refractivity contribution in [1.29, 1.82) is 0 Å². The van der Waals surface area contributed by atoms with Gasteiger partial charge in [-0.3, -0.25) is 0 Å². The lowest BCUT2D eigenvalue weighted by atomic mass is 10.1. The molecule has 0 radical (unpaired) electrons. The Labute approximate surface area is 191 Å². The van der Waals surface area contributed by atoms with Gasteiger partial charge in [-0.25, -0.2) is 0 Å². The van der Waals surface area contributed by atoms with Crippen molar-refractivity contribution in [3.63, 3.8) is 0 Å². The Balaban J connectivity index is 1.81. The Kier molecular flexibility index (Phi) is 6.73. The van der Waals surface area contributed by atoms with E-state index in [0.717, 1.165) is 22.0 Å². The van der Waals surface area contributed by atoms with Gasteiger partial charge < -0.3 is 9.88 Å². The molecule has 32 heavy (non-hydrogen) atoms. The summed E-state index contributed by atoms with van der Waals surface area (Å²) in [6, 6.07) is 36.3. The first-order chi connectivity index (χ1) is 15.5. The molecule has 0 fully saturated rings. The highest BCUT2D eigenvalue weighted by Crippen LogP contribution is 2.46. The monoisotopic (exact) mass is 437 g/mol. The zero-order chi connectivity index (χ0) is 22.4. The van der Waals surface area contributed by atoms with Crippen molar-refractivity contribution in [1.82, 2.24) is 0 Å². The van der Waals surface area contributed by atoms with E-state index in [1.54, 1.807) is 0 Å². The van der Waals surface area contributed by atoms with Crippen LogP contribution < -0.4 is 15.9 Å². The summed E-state index contributed by atoms with van der Waals surface area (Å²) in [5.74, 6) is 1.96. The molecule has 0 aromatic heterocycles. The number of rotatable bonds is 7. The summed E-state index contributed by atoms with van der Waals surface area (Å²) in [7, 11) is -3.00. The lowest BCUT2D eigenvalue weighted by Gasteiger charge is -2.19. The Bertz CT molecular complexity index is 1140. The van der Waals surface area contributed by atoms with Gasteiger partial charge in [-0.05, 0) is 31.5 Å². The molecule has 0 saturated heterocycles. The highest BCUT2D eigenvalue weighted by atomic mass is 31.2. The summed E-state index contributed by atoms with van der Waals surface area (Å²) in [6.07, 6.45) is 0.664. The summed E-state index contributed by atoms with van der Waals surface area (Å²) in [6.45, 7) is 4.16. The molecular weight excluding hydrogens is 409 g/mol. The van der Waals surface area contributed by atoms with E-state index in [2.05, 4.69) is 67.7 Å². The van der Waals surface area contributed by atoms with Gasteiger partial charge in [0.25, 0.3) is 0 Å². The summed E-state index contributed by atoms with van der Waals surface area (Å²) in [5.41, 5.74) is 5.52. The fraction of sp³-hybridized carbons (Fsp3) is 0.103. The fourth-order valence-corrected chi connectivity index (χ4v) is 6.11. The second kappa shape index (κ2) is 9.85. The van der Waals surface area contributed by atoms with Crippen LogP contribution in [0, 0.1) is 13.8 Å². The minimum Gasteiger partial charge on any atom is -0.358 e. The highest BCUT2D eigenvalue weighted by molar-refractivity contribution is 7.81. The van der Waals surface area contributed by atoms with Gasteiger partial charge in [0.1, 0.15) is 0 Å². The number of hydrogen-bond acceptors (Lipinski definition) is 2. The molecule has 0 bridgehead atoms. The van der Waals surface area contributed by atoms with Crippen LogP contribution in [-0.2, 0) is 11.0 Å². The molecule has 4 aromatic carbocycles. The van der Waals surface area contributed by atoms with Gasteiger partial charge in [-0.2, -0.15) is 0 Å². The third-order valence-corrected chi connectivity index (χ3v) is 8.29. The molecular formula is C29H28NOP. The van der Waals surface area contributed by atoms with Gasteiger partial charge in [-0.15, -0.1) is 0 Å². The van der Waals surface area contributed by atoms with Gasteiger partial charge in [0, 0.05) is 34.2 Å². The van der Waals surface area contributed by atoms with Crippen molar-refractivity contribution in [2.24, 2.45) is 0 Å². The fourth-order valence-electron chi connectivity index (χ4n) is 3.69. The SMILES string of the molecule is Cc1ccc(C/C(=C\P(=O)(c2ccccc2)c2ccccc2)Nc2ccc(C)cc2)cc1. The minimum atomic E-state index is -3.00. The van der Waals surface area contributed by atoms with E-state index in [-0.39, 0.29) is 0 Å². The van der Waals surface area contributed by atoms with Crippen molar-refractivity contribution < 1.29 is 4.57 Å². The molecule has 0 aliphatic rings. The van der Waals surface area contributed by atoms with E-state index in [4.69, 9.17) is 0 Å². The van der Waals surface area contributed by atoms with E-state index in [1.807, 2.05) is 66.5 Å². The van der Waals surface area contributed by atoms with Crippen LogP contribution >= 0.6 is 7.14 Å². The number of hydrogen-bond donors (Lipinski definition) is 1. The maximum atomic E-state index is 14.6. The molecule has 3 heteroatoms. The Morgan fingerprint density at radius 2 is 1.16 bits per heavy atom. The first kappa shape index (κ1) is 21.9. The maximum absolute atomic E-state index is 14.6. The molecule has 0 amide bonds. The molecule has 0 atom stereocenters. The van der Waals surface area contributed by atoms with Crippen molar-refractivity contribution in [2.75, 3.05) is 5.32 Å². The zero-order valence-electron chi connectivity index (χ0n) is 18.5. The second-order valence-corrected chi connectivity index (χ2v) is 10.7. The molecule has 2 nitrogen and oxygen atoms in total. The number of allylic oxidation sites excluding steroid dienone is 1. The molecule has 0 aliphatic heterocycles. The first-order valence-electron chi connectivity index (χ1n) is 10.8. The van der Waals surface area contributed by atoms with Gasteiger partial charge in [-0.1, -0.05) is 108 Å². The normalized spacial score (nSPS) is 11.9. The van der Waals surface area contributed by atoms with Crippen molar-refractivity contribution in [3.05, 3.63) is 137 Å². The quantitative estimate of drug-likeness (QED) is 0.322. The maximum Gasteiger partial charge on any atom is 0.165 e. The van der Waals surface area contributed by atoms with E-state index in [9.17, 15) is 4.57 Å². The predicted octanol–water partition coefficient (Wildman–Crippen LogP) is 6.81. The van der Waals surface area contributed by atoms with Crippen LogP contribution in [0.25, 0.3) is 0 Å². The summed E-state index contributed by atoms with van der Waals surface area (Å²) >= 11 is 0. The topological polar surface area (TPSA) is 29.1 Å². The molecule has 4 rings (SSSR count). The summed E-state index contributed by atoms with van der Waals surface area (Å²) < 4.78 is 14.6. The van der Waals surface area contributed by atoms with Gasteiger partial charge >= 0.3 is 0 Å². The largest absolute Gasteiger partial charge is 0.358 e. The number of aryl methyl sites for hydroxylation is 2. The molecule has 0 heterocycles. The molecule has 4 aromatic rings. The van der Waals surface area contributed by atoms with E-state index in [1.165, 1.54) is 16.7 Å². The highest BCUT2D eigenvalue weighted by Gasteiger charge is 2.25. The average molecular weight is 438 g/mol. The van der Waals surface area contributed by atoms with Crippen LogP contribution in [0.2, 0.25) is 0 Å². The van der Waals surface area contributed by atoms with Crippen LogP contribution in [0.4, 0.5) is 5.69 Å². The average Bonchev–Trinajstić information content (AvgIpc) is 2.83. The lowest BCUT2D eigenvalue weighted by molar-refractivity contribution is 0.592. The lowest BCUT2D eigenvalue weighted by Crippen LogP contribution is -2.16. The van der Waals surface area contributed by atoms with Crippen molar-refractivity contribution in [3.8, 4) is 0 Å². The summed E-state index contributed by atoms with van der Waals surface area (Å²) in [4.78, 5) is 0. The second-order valence-electron chi connectivity index (χ2n) is 8.14. The van der Waals surface area contributed by atoms with Crippen LogP contribution in [-0.4, -0.2) is 0 Å². The Morgan fingerprint density at radius 3 is 1.66 bits per heavy atom. The van der Waals surface area contributed by atoms with Gasteiger partial charge in [0.2, 0.25) is 0 Å².